The molecule has 1 fully saturated rings. The molecule has 0 aromatic carbocycles. The van der Waals surface area contributed by atoms with Gasteiger partial charge in [0, 0.05) is 24.1 Å². The van der Waals surface area contributed by atoms with Crippen LogP contribution in [0.3, 0.4) is 0 Å². The molecule has 0 amide bonds. The summed E-state index contributed by atoms with van der Waals surface area (Å²) in [5, 5.41) is 17.8. The van der Waals surface area contributed by atoms with Crippen LogP contribution in [0.4, 0.5) is 23.0 Å². The Bertz CT molecular complexity index is 686. The van der Waals surface area contributed by atoms with Crippen LogP contribution in [0.5, 0.6) is 0 Å². The molecular formula is C16H20N6O2. The first kappa shape index (κ1) is 16.1. The molecule has 0 saturated heterocycles. The highest BCUT2D eigenvalue weighted by Crippen LogP contribution is 2.32. The van der Waals surface area contributed by atoms with E-state index in [2.05, 4.69) is 25.6 Å². The van der Waals surface area contributed by atoms with Crippen molar-refractivity contribution in [2.24, 2.45) is 0 Å². The monoisotopic (exact) mass is 328 g/mol. The van der Waals surface area contributed by atoms with E-state index in [4.69, 9.17) is 0 Å². The van der Waals surface area contributed by atoms with Gasteiger partial charge in [-0.05, 0) is 25.0 Å². The molecular weight excluding hydrogens is 308 g/mol. The Morgan fingerprint density at radius 2 is 1.71 bits per heavy atom. The standard InChI is InChI=1S/C16H20N6O2/c23-22(24)14-15(20-12-5-3-1-2-4-6-12)18-11-19-16(14)21-13-7-9-17-10-8-13/h7-12H,1-6H2,(H2,17,18,19,20,21). The third-order valence-corrected chi connectivity index (χ3v) is 4.14. The Morgan fingerprint density at radius 3 is 2.38 bits per heavy atom. The van der Waals surface area contributed by atoms with Crippen molar-refractivity contribution in [1.82, 2.24) is 15.0 Å². The van der Waals surface area contributed by atoms with Crippen molar-refractivity contribution < 1.29 is 4.92 Å². The topological polar surface area (TPSA) is 106 Å². The second-order valence-electron chi connectivity index (χ2n) is 5.87. The van der Waals surface area contributed by atoms with Crippen LogP contribution in [-0.2, 0) is 0 Å². The lowest BCUT2D eigenvalue weighted by atomic mass is 10.1. The smallest absolute Gasteiger partial charge is 0.353 e. The summed E-state index contributed by atoms with van der Waals surface area (Å²) in [5.41, 5.74) is 0.561. The minimum absolute atomic E-state index is 0.126. The fourth-order valence-corrected chi connectivity index (χ4v) is 2.94. The first-order valence-electron chi connectivity index (χ1n) is 8.17. The highest BCUT2D eigenvalue weighted by atomic mass is 16.6. The number of aromatic nitrogens is 3. The number of nitro groups is 1. The fraction of sp³-hybridized carbons (Fsp3) is 0.438. The lowest BCUT2D eigenvalue weighted by Crippen LogP contribution is -2.20. The summed E-state index contributed by atoms with van der Waals surface area (Å²) < 4.78 is 0. The second kappa shape index (κ2) is 7.67. The Balaban J connectivity index is 1.86. The zero-order chi connectivity index (χ0) is 16.8. The number of anilines is 3. The number of hydrogen-bond donors (Lipinski definition) is 2. The molecule has 2 aromatic rings. The van der Waals surface area contributed by atoms with Gasteiger partial charge in [-0.3, -0.25) is 15.1 Å². The Morgan fingerprint density at radius 1 is 1.04 bits per heavy atom. The molecule has 0 unspecified atom stereocenters. The van der Waals surface area contributed by atoms with Crippen LogP contribution < -0.4 is 10.6 Å². The van der Waals surface area contributed by atoms with Gasteiger partial charge in [0.15, 0.2) is 0 Å². The maximum Gasteiger partial charge on any atom is 0.353 e. The molecule has 1 aliphatic rings. The average Bonchev–Trinajstić information content (AvgIpc) is 2.84. The number of pyridine rings is 1. The van der Waals surface area contributed by atoms with Gasteiger partial charge in [0.05, 0.1) is 4.92 Å². The van der Waals surface area contributed by atoms with Crippen molar-refractivity contribution in [3.63, 3.8) is 0 Å². The number of rotatable bonds is 5. The largest absolute Gasteiger partial charge is 0.361 e. The molecule has 0 spiro atoms. The normalized spacial score (nSPS) is 15.5. The van der Waals surface area contributed by atoms with Gasteiger partial charge < -0.3 is 10.6 Å². The van der Waals surface area contributed by atoms with E-state index in [1.807, 2.05) is 0 Å². The van der Waals surface area contributed by atoms with E-state index in [-0.39, 0.29) is 23.4 Å². The summed E-state index contributed by atoms with van der Waals surface area (Å²) in [7, 11) is 0. The third kappa shape index (κ3) is 3.95. The van der Waals surface area contributed by atoms with E-state index in [1.165, 1.54) is 19.2 Å². The summed E-state index contributed by atoms with van der Waals surface area (Å²) >= 11 is 0. The second-order valence-corrected chi connectivity index (χ2v) is 5.87. The molecule has 24 heavy (non-hydrogen) atoms. The number of nitrogens with one attached hydrogen (secondary N) is 2. The van der Waals surface area contributed by atoms with Crippen molar-refractivity contribution in [3.8, 4) is 0 Å². The fourth-order valence-electron chi connectivity index (χ4n) is 2.94. The van der Waals surface area contributed by atoms with Gasteiger partial charge in [0.2, 0.25) is 11.6 Å². The molecule has 3 rings (SSSR count). The van der Waals surface area contributed by atoms with E-state index >= 15 is 0 Å². The van der Waals surface area contributed by atoms with Crippen LogP contribution >= 0.6 is 0 Å². The van der Waals surface area contributed by atoms with Crippen LogP contribution in [0, 0.1) is 10.1 Å². The minimum atomic E-state index is -0.442. The molecule has 1 saturated carbocycles. The van der Waals surface area contributed by atoms with Gasteiger partial charge in [-0.15, -0.1) is 0 Å². The van der Waals surface area contributed by atoms with Crippen molar-refractivity contribution in [2.45, 2.75) is 44.6 Å². The van der Waals surface area contributed by atoms with Crippen LogP contribution in [0.2, 0.25) is 0 Å². The lowest BCUT2D eigenvalue weighted by Gasteiger charge is -2.17. The lowest BCUT2D eigenvalue weighted by molar-refractivity contribution is -0.383. The molecule has 2 heterocycles. The van der Waals surface area contributed by atoms with Gasteiger partial charge in [-0.2, -0.15) is 0 Å². The van der Waals surface area contributed by atoms with E-state index in [0.717, 1.165) is 25.7 Å². The van der Waals surface area contributed by atoms with Crippen molar-refractivity contribution in [1.29, 1.82) is 0 Å². The van der Waals surface area contributed by atoms with Gasteiger partial charge in [0.25, 0.3) is 0 Å². The summed E-state index contributed by atoms with van der Waals surface area (Å²) in [6.45, 7) is 0. The quantitative estimate of drug-likeness (QED) is 0.490. The van der Waals surface area contributed by atoms with Crippen molar-refractivity contribution in [3.05, 3.63) is 41.0 Å². The Hall–Kier alpha value is -2.77. The van der Waals surface area contributed by atoms with Crippen LogP contribution in [0.15, 0.2) is 30.9 Å². The van der Waals surface area contributed by atoms with Crippen LogP contribution in [-0.4, -0.2) is 25.9 Å². The first-order valence-corrected chi connectivity index (χ1v) is 8.17. The van der Waals surface area contributed by atoms with Crippen molar-refractivity contribution >= 4 is 23.0 Å². The molecule has 2 N–H and O–H groups in total. The Labute approximate surface area is 139 Å². The summed E-state index contributed by atoms with van der Waals surface area (Å²) in [4.78, 5) is 23.2. The maximum absolute atomic E-state index is 11.6. The molecule has 0 atom stereocenters. The highest BCUT2D eigenvalue weighted by Gasteiger charge is 2.25. The number of nitrogens with zero attached hydrogens (tertiary/aromatic N) is 4. The SMILES string of the molecule is O=[N+]([O-])c1c(Nc2ccncc2)ncnc1NC1CCCCCC1. The highest BCUT2D eigenvalue weighted by molar-refractivity contribution is 5.73. The van der Waals surface area contributed by atoms with Crippen LogP contribution in [0.1, 0.15) is 38.5 Å². The summed E-state index contributed by atoms with van der Waals surface area (Å²) in [5.74, 6) is 0.454. The van der Waals surface area contributed by atoms with E-state index in [9.17, 15) is 10.1 Å². The van der Waals surface area contributed by atoms with Gasteiger partial charge >= 0.3 is 5.69 Å². The predicted molar refractivity (Wildman–Crippen MR) is 91.3 cm³/mol. The summed E-state index contributed by atoms with van der Waals surface area (Å²) in [6.07, 6.45) is 11.3. The van der Waals surface area contributed by atoms with Crippen molar-refractivity contribution in [2.75, 3.05) is 10.6 Å². The average molecular weight is 328 g/mol. The first-order chi connectivity index (χ1) is 11.7. The van der Waals surface area contributed by atoms with Gasteiger partial charge in [0.1, 0.15) is 6.33 Å². The molecule has 8 nitrogen and oxygen atoms in total. The van der Waals surface area contributed by atoms with Gasteiger partial charge in [-0.25, -0.2) is 9.97 Å². The number of hydrogen-bond acceptors (Lipinski definition) is 7. The van der Waals surface area contributed by atoms with Gasteiger partial charge in [-0.1, -0.05) is 25.7 Å². The van der Waals surface area contributed by atoms with E-state index < -0.39 is 4.92 Å². The predicted octanol–water partition coefficient (Wildman–Crippen LogP) is 3.66. The molecule has 1 aliphatic carbocycles. The zero-order valence-electron chi connectivity index (χ0n) is 13.3. The molecule has 126 valence electrons. The van der Waals surface area contributed by atoms with E-state index in [0.29, 0.717) is 5.69 Å². The van der Waals surface area contributed by atoms with E-state index in [1.54, 1.807) is 24.5 Å². The summed E-state index contributed by atoms with van der Waals surface area (Å²) in [6, 6.07) is 3.67. The maximum atomic E-state index is 11.6. The zero-order valence-corrected chi connectivity index (χ0v) is 13.3. The molecule has 8 heteroatoms. The molecule has 0 radical (unpaired) electrons. The molecule has 0 bridgehead atoms. The Kier molecular flexibility index (Phi) is 5.15. The molecule has 0 aliphatic heterocycles. The minimum Gasteiger partial charge on any atom is -0.361 e. The van der Waals surface area contributed by atoms with Crippen LogP contribution in [0.25, 0.3) is 0 Å². The third-order valence-electron chi connectivity index (χ3n) is 4.14. The molecule has 2 aromatic heterocycles.